The fraction of sp³-hybridized carbons (Fsp3) is 0.500. The SMILES string of the molecule is COc1ncc(F)c(N2CC(CSC(C)=O)CC2=O)n1. The fourth-order valence-electron chi connectivity index (χ4n) is 1.96. The van der Waals surface area contributed by atoms with Crippen molar-refractivity contribution in [3.63, 3.8) is 0 Å². The van der Waals surface area contributed by atoms with E-state index in [9.17, 15) is 14.0 Å². The van der Waals surface area contributed by atoms with E-state index in [-0.39, 0.29) is 35.2 Å². The highest BCUT2D eigenvalue weighted by Crippen LogP contribution is 2.28. The Morgan fingerprint density at radius 1 is 1.65 bits per heavy atom. The molecule has 8 heteroatoms. The van der Waals surface area contributed by atoms with Gasteiger partial charge in [-0.2, -0.15) is 4.98 Å². The van der Waals surface area contributed by atoms with E-state index in [1.807, 2.05) is 0 Å². The van der Waals surface area contributed by atoms with E-state index >= 15 is 0 Å². The van der Waals surface area contributed by atoms with Crippen molar-refractivity contribution >= 4 is 28.6 Å². The first-order valence-electron chi connectivity index (χ1n) is 6.01. The van der Waals surface area contributed by atoms with Gasteiger partial charge < -0.3 is 4.74 Å². The molecule has 2 heterocycles. The highest BCUT2D eigenvalue weighted by molar-refractivity contribution is 8.13. The number of aromatic nitrogens is 2. The minimum atomic E-state index is -0.668. The van der Waals surface area contributed by atoms with Gasteiger partial charge in [0.15, 0.2) is 16.8 Å². The first-order valence-corrected chi connectivity index (χ1v) is 7.00. The minimum absolute atomic E-state index is 0.00536. The monoisotopic (exact) mass is 299 g/mol. The molecule has 1 saturated heterocycles. The van der Waals surface area contributed by atoms with Gasteiger partial charge in [-0.3, -0.25) is 14.5 Å². The number of hydrogen-bond donors (Lipinski definition) is 0. The lowest BCUT2D eigenvalue weighted by Gasteiger charge is -2.16. The molecule has 1 aromatic heterocycles. The molecule has 1 aromatic rings. The predicted octanol–water partition coefficient (Wildman–Crippen LogP) is 1.26. The van der Waals surface area contributed by atoms with Crippen molar-refractivity contribution in [1.82, 2.24) is 9.97 Å². The van der Waals surface area contributed by atoms with E-state index < -0.39 is 5.82 Å². The molecule has 108 valence electrons. The van der Waals surface area contributed by atoms with Crippen LogP contribution in [-0.2, 0) is 9.59 Å². The minimum Gasteiger partial charge on any atom is -0.467 e. The molecule has 1 aliphatic heterocycles. The standard InChI is InChI=1S/C12H14FN3O3S/c1-7(17)20-6-8-3-10(18)16(5-8)11-9(13)4-14-12(15-11)19-2/h4,8H,3,5-6H2,1-2H3. The topological polar surface area (TPSA) is 72.4 Å². The van der Waals surface area contributed by atoms with E-state index in [0.29, 0.717) is 12.3 Å². The van der Waals surface area contributed by atoms with Gasteiger partial charge in [0.05, 0.1) is 13.3 Å². The first kappa shape index (κ1) is 14.7. The van der Waals surface area contributed by atoms with Crippen molar-refractivity contribution in [2.75, 3.05) is 24.3 Å². The van der Waals surface area contributed by atoms with Crippen LogP contribution in [0.25, 0.3) is 0 Å². The summed E-state index contributed by atoms with van der Waals surface area (Å²) < 4.78 is 18.6. The van der Waals surface area contributed by atoms with Gasteiger partial charge in [-0.1, -0.05) is 11.8 Å². The summed E-state index contributed by atoms with van der Waals surface area (Å²) >= 11 is 1.17. The highest BCUT2D eigenvalue weighted by atomic mass is 32.2. The maximum atomic E-state index is 13.7. The van der Waals surface area contributed by atoms with Crippen LogP contribution in [0.2, 0.25) is 0 Å². The molecule has 0 saturated carbocycles. The third-order valence-electron chi connectivity index (χ3n) is 2.87. The molecule has 1 aliphatic rings. The Morgan fingerprint density at radius 3 is 3.05 bits per heavy atom. The number of halogens is 1. The lowest BCUT2D eigenvalue weighted by atomic mass is 10.1. The maximum Gasteiger partial charge on any atom is 0.318 e. The number of methoxy groups -OCH3 is 1. The zero-order chi connectivity index (χ0) is 14.7. The Labute approximate surface area is 119 Å². The van der Waals surface area contributed by atoms with Crippen LogP contribution in [0, 0.1) is 11.7 Å². The van der Waals surface area contributed by atoms with Crippen molar-refractivity contribution in [3.05, 3.63) is 12.0 Å². The summed E-state index contributed by atoms with van der Waals surface area (Å²) in [7, 11) is 1.37. The number of ether oxygens (including phenoxy) is 1. The van der Waals surface area contributed by atoms with Gasteiger partial charge in [-0.15, -0.1) is 0 Å². The van der Waals surface area contributed by atoms with Crippen LogP contribution in [0.5, 0.6) is 6.01 Å². The smallest absolute Gasteiger partial charge is 0.318 e. The zero-order valence-electron chi connectivity index (χ0n) is 11.1. The largest absolute Gasteiger partial charge is 0.467 e. The zero-order valence-corrected chi connectivity index (χ0v) is 11.9. The molecular formula is C12H14FN3O3S. The highest BCUT2D eigenvalue weighted by Gasteiger charge is 2.33. The molecule has 0 spiro atoms. The number of thioether (sulfide) groups is 1. The van der Waals surface area contributed by atoms with E-state index in [1.165, 1.54) is 30.7 Å². The molecule has 0 bridgehead atoms. The van der Waals surface area contributed by atoms with E-state index in [0.717, 1.165) is 6.20 Å². The molecule has 0 aliphatic carbocycles. The molecule has 0 radical (unpaired) electrons. The van der Waals surface area contributed by atoms with Gasteiger partial charge in [0, 0.05) is 25.6 Å². The van der Waals surface area contributed by atoms with Crippen molar-refractivity contribution in [1.29, 1.82) is 0 Å². The third-order valence-corrected chi connectivity index (χ3v) is 3.91. The van der Waals surface area contributed by atoms with Crippen molar-refractivity contribution in [3.8, 4) is 6.01 Å². The summed E-state index contributed by atoms with van der Waals surface area (Å²) in [6.07, 6.45) is 1.26. The number of carbonyl (C=O) groups is 2. The number of rotatable bonds is 4. The predicted molar refractivity (Wildman–Crippen MR) is 72.1 cm³/mol. The summed E-state index contributed by atoms with van der Waals surface area (Å²) in [6.45, 7) is 1.82. The molecule has 2 rings (SSSR count). The average molecular weight is 299 g/mol. The van der Waals surface area contributed by atoms with Gasteiger partial charge in [-0.05, 0) is 5.92 Å². The van der Waals surface area contributed by atoms with Crippen LogP contribution >= 0.6 is 11.8 Å². The van der Waals surface area contributed by atoms with Crippen LogP contribution in [-0.4, -0.2) is 40.4 Å². The summed E-state index contributed by atoms with van der Waals surface area (Å²) in [4.78, 5) is 31.7. The van der Waals surface area contributed by atoms with Crippen LogP contribution < -0.4 is 9.64 Å². The average Bonchev–Trinajstić information content (AvgIpc) is 2.78. The first-order chi connectivity index (χ1) is 9.51. The molecule has 1 fully saturated rings. The number of anilines is 1. The Hall–Kier alpha value is -1.70. The van der Waals surface area contributed by atoms with Crippen molar-refractivity contribution in [2.45, 2.75) is 13.3 Å². The lowest BCUT2D eigenvalue weighted by Crippen LogP contribution is -2.27. The third kappa shape index (κ3) is 3.24. The molecule has 20 heavy (non-hydrogen) atoms. The molecule has 6 nitrogen and oxygen atoms in total. The summed E-state index contributed by atoms with van der Waals surface area (Å²) in [5.74, 6) is -0.395. The van der Waals surface area contributed by atoms with Crippen molar-refractivity contribution < 1.29 is 18.7 Å². The maximum absolute atomic E-state index is 13.7. The molecule has 0 aromatic carbocycles. The van der Waals surface area contributed by atoms with Gasteiger partial charge in [-0.25, -0.2) is 9.37 Å². The van der Waals surface area contributed by atoms with Crippen LogP contribution in [0.4, 0.5) is 10.2 Å². The van der Waals surface area contributed by atoms with Gasteiger partial charge in [0.2, 0.25) is 5.91 Å². The Balaban J connectivity index is 2.13. The molecular weight excluding hydrogens is 285 g/mol. The van der Waals surface area contributed by atoms with E-state index in [2.05, 4.69) is 9.97 Å². The summed E-state index contributed by atoms with van der Waals surface area (Å²) in [5.41, 5.74) is 0. The van der Waals surface area contributed by atoms with Crippen LogP contribution in [0.1, 0.15) is 13.3 Å². The lowest BCUT2D eigenvalue weighted by molar-refractivity contribution is -0.117. The van der Waals surface area contributed by atoms with Crippen LogP contribution in [0.15, 0.2) is 6.20 Å². The summed E-state index contributed by atoms with van der Waals surface area (Å²) in [5, 5.41) is 0.00536. The fourth-order valence-corrected chi connectivity index (χ4v) is 2.66. The second-order valence-corrected chi connectivity index (χ2v) is 5.60. The van der Waals surface area contributed by atoms with Gasteiger partial charge in [0.1, 0.15) is 0 Å². The number of hydrogen-bond acceptors (Lipinski definition) is 6. The Morgan fingerprint density at radius 2 is 2.40 bits per heavy atom. The molecule has 1 amide bonds. The Bertz CT molecular complexity index is 541. The quantitative estimate of drug-likeness (QED) is 0.833. The number of nitrogens with zero attached hydrogens (tertiary/aromatic N) is 3. The van der Waals surface area contributed by atoms with E-state index in [1.54, 1.807) is 0 Å². The summed E-state index contributed by atoms with van der Waals surface area (Å²) in [6, 6.07) is 0.00996. The van der Waals surface area contributed by atoms with Gasteiger partial charge in [0.25, 0.3) is 0 Å². The molecule has 0 N–H and O–H groups in total. The normalized spacial score (nSPS) is 18.4. The number of amides is 1. The van der Waals surface area contributed by atoms with Gasteiger partial charge >= 0.3 is 6.01 Å². The van der Waals surface area contributed by atoms with Crippen molar-refractivity contribution in [2.24, 2.45) is 5.92 Å². The number of carbonyl (C=O) groups excluding carboxylic acids is 2. The van der Waals surface area contributed by atoms with Crippen LogP contribution in [0.3, 0.4) is 0 Å². The molecule has 1 unspecified atom stereocenters. The van der Waals surface area contributed by atoms with E-state index in [4.69, 9.17) is 4.74 Å². The molecule has 1 atom stereocenters. The Kier molecular flexibility index (Phi) is 4.53. The second-order valence-electron chi connectivity index (χ2n) is 4.41. The second kappa shape index (κ2) is 6.17.